The molecule has 1 amide bonds. The van der Waals surface area contributed by atoms with Gasteiger partial charge >= 0.3 is 7.12 Å². The van der Waals surface area contributed by atoms with Crippen molar-refractivity contribution in [3.05, 3.63) is 36.4 Å². The van der Waals surface area contributed by atoms with Gasteiger partial charge in [-0.3, -0.25) is 10.2 Å². The van der Waals surface area contributed by atoms with Crippen LogP contribution in [0.3, 0.4) is 0 Å². The molecule has 1 aliphatic heterocycles. The Balaban J connectivity index is 1.70. The third kappa shape index (κ3) is 3.68. The third-order valence-electron chi connectivity index (χ3n) is 5.97. The van der Waals surface area contributed by atoms with E-state index in [1.807, 2.05) is 39.8 Å². The topological polar surface area (TPSA) is 93.7 Å². The summed E-state index contributed by atoms with van der Waals surface area (Å²) in [7, 11) is -4.54. The third-order valence-corrected chi connectivity index (χ3v) is 7.28. The van der Waals surface area contributed by atoms with Crippen molar-refractivity contribution < 1.29 is 22.5 Å². The summed E-state index contributed by atoms with van der Waals surface area (Å²) in [6.45, 7) is 7.89. The first-order valence-corrected chi connectivity index (χ1v) is 11.2. The van der Waals surface area contributed by atoms with E-state index in [1.165, 1.54) is 6.07 Å². The molecular weight excluding hydrogens is 391 g/mol. The highest BCUT2D eigenvalue weighted by Gasteiger charge is 2.52. The molecule has 2 aliphatic rings. The first kappa shape index (κ1) is 20.3. The molecule has 154 valence electrons. The van der Waals surface area contributed by atoms with E-state index in [0.29, 0.717) is 5.39 Å². The van der Waals surface area contributed by atoms with E-state index >= 15 is 0 Å². The number of fused-ring (bicyclic) bond motifs is 1. The molecule has 0 aromatic heterocycles. The van der Waals surface area contributed by atoms with Crippen LogP contribution < -0.4 is 15.7 Å². The molecule has 9 heteroatoms. The summed E-state index contributed by atoms with van der Waals surface area (Å²) in [4.78, 5) is 14.1. The highest BCUT2D eigenvalue weighted by atomic mass is 32.2. The number of sulfonamides is 1. The summed E-state index contributed by atoms with van der Waals surface area (Å²) in [5.74, 6) is -0.396. The summed E-state index contributed by atoms with van der Waals surface area (Å²) >= 11 is 0. The smallest absolute Gasteiger partial charge is 0.399 e. The average Bonchev–Trinajstić information content (AvgIpc) is 3.46. The predicted octanol–water partition coefficient (Wildman–Crippen LogP) is 1.86. The molecule has 4 rings (SSSR count). The van der Waals surface area contributed by atoms with Crippen molar-refractivity contribution in [2.75, 3.05) is 0 Å². The van der Waals surface area contributed by atoms with Crippen LogP contribution in [-0.2, 0) is 24.1 Å². The Morgan fingerprint density at radius 2 is 1.59 bits per heavy atom. The van der Waals surface area contributed by atoms with Gasteiger partial charge in [0.1, 0.15) is 0 Å². The van der Waals surface area contributed by atoms with Crippen molar-refractivity contribution >= 4 is 39.3 Å². The van der Waals surface area contributed by atoms with E-state index in [4.69, 9.17) is 9.31 Å². The zero-order valence-corrected chi connectivity index (χ0v) is 17.8. The Kier molecular flexibility index (Phi) is 4.77. The lowest BCUT2D eigenvalue weighted by Gasteiger charge is -2.32. The Morgan fingerprint density at radius 1 is 1.00 bits per heavy atom. The van der Waals surface area contributed by atoms with Gasteiger partial charge in [0, 0.05) is 11.3 Å². The van der Waals surface area contributed by atoms with Crippen LogP contribution in [0.25, 0.3) is 10.8 Å². The molecule has 0 bridgehead atoms. The second kappa shape index (κ2) is 6.80. The summed E-state index contributed by atoms with van der Waals surface area (Å²) in [5, 5.41) is 1.26. The molecule has 7 nitrogen and oxygen atoms in total. The van der Waals surface area contributed by atoms with Gasteiger partial charge in [-0.15, -0.1) is 4.83 Å². The largest absolute Gasteiger partial charge is 0.495 e. The summed E-state index contributed by atoms with van der Waals surface area (Å²) in [6.07, 6.45) is 1.58. The van der Waals surface area contributed by atoms with Crippen molar-refractivity contribution in [1.29, 1.82) is 0 Å². The van der Waals surface area contributed by atoms with Crippen LogP contribution in [0.1, 0.15) is 40.5 Å². The van der Waals surface area contributed by atoms with Crippen LogP contribution in [0, 0.1) is 5.92 Å². The molecule has 0 unspecified atom stereocenters. The zero-order chi connectivity index (χ0) is 21.0. The molecule has 1 saturated heterocycles. The first-order chi connectivity index (χ1) is 13.5. The number of hydrogen-bond acceptors (Lipinski definition) is 5. The highest BCUT2D eigenvalue weighted by molar-refractivity contribution is 7.89. The van der Waals surface area contributed by atoms with Crippen LogP contribution in [-0.4, -0.2) is 32.6 Å². The maximum atomic E-state index is 12.8. The standard InChI is InChI=1S/C20H25BN2O5S/c1-19(2)20(3,4)28-21(27-19)16-11-12-17(15-8-6-5-7-14(15)16)29(25,26)23-22-18(24)13-9-10-13/h5-8,11-13,23H,9-10H2,1-4H3,(H,22,24). The van der Waals surface area contributed by atoms with Gasteiger partial charge in [-0.25, -0.2) is 8.42 Å². The van der Waals surface area contributed by atoms with E-state index in [1.54, 1.807) is 18.2 Å². The van der Waals surface area contributed by atoms with Gasteiger partial charge in [0.2, 0.25) is 5.91 Å². The van der Waals surface area contributed by atoms with Crippen LogP contribution in [0.2, 0.25) is 0 Å². The minimum Gasteiger partial charge on any atom is -0.399 e. The molecule has 2 fully saturated rings. The number of carbonyl (C=O) groups excluding carboxylic acids is 1. The van der Waals surface area contributed by atoms with Crippen LogP contribution in [0.4, 0.5) is 0 Å². The Morgan fingerprint density at radius 3 is 2.17 bits per heavy atom. The number of carbonyl (C=O) groups is 1. The van der Waals surface area contributed by atoms with Gasteiger partial charge in [0.15, 0.2) is 0 Å². The lowest BCUT2D eigenvalue weighted by molar-refractivity contribution is -0.122. The molecule has 1 heterocycles. The first-order valence-electron chi connectivity index (χ1n) is 9.71. The molecule has 2 aromatic rings. The number of rotatable bonds is 5. The highest BCUT2D eigenvalue weighted by Crippen LogP contribution is 2.37. The maximum absolute atomic E-state index is 12.8. The van der Waals surface area contributed by atoms with E-state index in [-0.39, 0.29) is 16.7 Å². The number of benzene rings is 2. The van der Waals surface area contributed by atoms with E-state index < -0.39 is 28.3 Å². The summed E-state index contributed by atoms with van der Waals surface area (Å²) < 4.78 is 38.0. The second-order valence-electron chi connectivity index (χ2n) is 8.66. The van der Waals surface area contributed by atoms with Crippen LogP contribution in [0.5, 0.6) is 0 Å². The number of hydrazine groups is 1. The van der Waals surface area contributed by atoms with Gasteiger partial charge in [-0.05, 0) is 57.5 Å². The number of nitrogens with one attached hydrogen (secondary N) is 2. The van der Waals surface area contributed by atoms with Gasteiger partial charge in [-0.1, -0.05) is 30.3 Å². The second-order valence-corrected chi connectivity index (χ2v) is 10.3. The molecule has 29 heavy (non-hydrogen) atoms. The molecule has 0 radical (unpaired) electrons. The monoisotopic (exact) mass is 416 g/mol. The number of amides is 1. The minimum absolute atomic E-state index is 0.0875. The zero-order valence-electron chi connectivity index (χ0n) is 17.0. The average molecular weight is 416 g/mol. The fourth-order valence-electron chi connectivity index (χ4n) is 3.32. The van der Waals surface area contributed by atoms with Gasteiger partial charge in [0.05, 0.1) is 16.1 Å². The molecule has 0 spiro atoms. The molecular formula is C20H25BN2O5S. The van der Waals surface area contributed by atoms with Crippen LogP contribution in [0.15, 0.2) is 41.3 Å². The predicted molar refractivity (Wildman–Crippen MR) is 111 cm³/mol. The lowest BCUT2D eigenvalue weighted by atomic mass is 9.76. The molecule has 0 atom stereocenters. The molecule has 1 aliphatic carbocycles. The van der Waals surface area contributed by atoms with Gasteiger partial charge in [0.25, 0.3) is 10.0 Å². The number of hydrogen-bond donors (Lipinski definition) is 2. The van der Waals surface area contributed by atoms with Crippen molar-refractivity contribution in [1.82, 2.24) is 10.3 Å². The van der Waals surface area contributed by atoms with Gasteiger partial charge < -0.3 is 9.31 Å². The van der Waals surface area contributed by atoms with E-state index in [9.17, 15) is 13.2 Å². The Hall–Kier alpha value is -1.94. The molecule has 2 N–H and O–H groups in total. The Bertz CT molecular complexity index is 1060. The summed E-state index contributed by atoms with van der Waals surface area (Å²) in [6, 6.07) is 10.4. The maximum Gasteiger partial charge on any atom is 0.495 e. The molecule has 2 aromatic carbocycles. The fraction of sp³-hybridized carbons (Fsp3) is 0.450. The van der Waals surface area contributed by atoms with Crippen molar-refractivity contribution in [3.63, 3.8) is 0 Å². The fourth-order valence-corrected chi connectivity index (χ4v) is 4.38. The molecule has 1 saturated carbocycles. The normalized spacial score (nSPS) is 20.8. The lowest BCUT2D eigenvalue weighted by Crippen LogP contribution is -2.42. The van der Waals surface area contributed by atoms with Crippen molar-refractivity contribution in [2.45, 2.75) is 56.6 Å². The quantitative estimate of drug-likeness (QED) is 0.573. The summed E-state index contributed by atoms with van der Waals surface area (Å²) in [5.41, 5.74) is 2.07. The van der Waals surface area contributed by atoms with Gasteiger partial charge in [-0.2, -0.15) is 0 Å². The van der Waals surface area contributed by atoms with Crippen molar-refractivity contribution in [2.24, 2.45) is 5.92 Å². The minimum atomic E-state index is -3.94. The van der Waals surface area contributed by atoms with E-state index in [2.05, 4.69) is 10.3 Å². The van der Waals surface area contributed by atoms with E-state index in [0.717, 1.165) is 23.7 Å². The Labute approximate surface area is 171 Å². The van der Waals surface area contributed by atoms with Crippen molar-refractivity contribution in [3.8, 4) is 0 Å². The SMILES string of the molecule is CC1(C)OB(c2ccc(S(=O)(=O)NNC(=O)C3CC3)c3ccccc23)OC1(C)C. The van der Waals surface area contributed by atoms with Crippen LogP contribution >= 0.6 is 0 Å².